The van der Waals surface area contributed by atoms with Crippen molar-refractivity contribution in [3.63, 3.8) is 0 Å². The van der Waals surface area contributed by atoms with E-state index in [-0.39, 0.29) is 13.0 Å². The molecule has 2 aromatic carbocycles. The van der Waals surface area contributed by atoms with E-state index in [1.165, 1.54) is 0 Å². The lowest BCUT2D eigenvalue weighted by Crippen LogP contribution is -2.49. The minimum atomic E-state index is -0.874. The summed E-state index contributed by atoms with van der Waals surface area (Å²) in [6.07, 6.45) is 2.05. The summed E-state index contributed by atoms with van der Waals surface area (Å²) in [6, 6.07) is 16.4. The quantitative estimate of drug-likeness (QED) is 0.484. The number of hydrogen-bond donors (Lipinski definition) is 4. The monoisotopic (exact) mass is 386 g/mol. The van der Waals surface area contributed by atoms with Crippen LogP contribution in [0.3, 0.4) is 0 Å². The summed E-state index contributed by atoms with van der Waals surface area (Å²) < 4.78 is 0. The zero-order valence-electron chi connectivity index (χ0n) is 15.4. The van der Waals surface area contributed by atoms with E-state index in [1.54, 1.807) is 30.5 Å². The zero-order chi connectivity index (χ0) is 20.6. The van der Waals surface area contributed by atoms with E-state index in [0.29, 0.717) is 11.3 Å². The van der Waals surface area contributed by atoms with Crippen LogP contribution in [-0.4, -0.2) is 29.5 Å². The third-order valence-corrected chi connectivity index (χ3v) is 4.33. The molecule has 8 heteroatoms. The summed E-state index contributed by atoms with van der Waals surface area (Å²) in [6.45, 7) is -0.151. The zero-order valence-corrected chi connectivity index (χ0v) is 15.4. The number of para-hydroxylation sites is 1. The topological polar surface area (TPSA) is 134 Å². The van der Waals surface area contributed by atoms with Gasteiger partial charge in [-0.2, -0.15) is 10.5 Å². The van der Waals surface area contributed by atoms with Crippen molar-refractivity contribution in [2.24, 2.45) is 0 Å². The van der Waals surface area contributed by atoms with Crippen LogP contribution in [0.15, 0.2) is 54.7 Å². The van der Waals surface area contributed by atoms with Gasteiger partial charge >= 0.3 is 6.03 Å². The summed E-state index contributed by atoms with van der Waals surface area (Å²) in [5.41, 5.74) is 2.77. The first-order valence-corrected chi connectivity index (χ1v) is 8.88. The highest BCUT2D eigenvalue weighted by atomic mass is 16.2. The van der Waals surface area contributed by atoms with Gasteiger partial charge in [-0.3, -0.25) is 4.79 Å². The average Bonchev–Trinajstić information content (AvgIpc) is 3.15. The second-order valence-corrected chi connectivity index (χ2v) is 6.28. The lowest BCUT2D eigenvalue weighted by molar-refractivity contribution is -0.122. The van der Waals surface area contributed by atoms with E-state index < -0.39 is 18.0 Å². The molecule has 3 aromatic rings. The van der Waals surface area contributed by atoms with Gasteiger partial charge in [-0.15, -0.1) is 0 Å². The van der Waals surface area contributed by atoms with Crippen molar-refractivity contribution in [1.29, 1.82) is 10.5 Å². The molecule has 0 spiro atoms. The minimum absolute atomic E-state index is 0.151. The number of aromatic amines is 1. The lowest BCUT2D eigenvalue weighted by atomic mass is 10.0. The fourth-order valence-corrected chi connectivity index (χ4v) is 2.93. The van der Waals surface area contributed by atoms with Crippen LogP contribution in [0, 0.1) is 22.7 Å². The maximum absolute atomic E-state index is 12.5. The highest BCUT2D eigenvalue weighted by Gasteiger charge is 2.22. The highest BCUT2D eigenvalue weighted by molar-refractivity contribution is 5.94. The number of fused-ring (bicyclic) bond motifs is 1. The standard InChI is InChI=1S/C21H18N6O2/c22-9-10-24-20(28)19(11-15-13-25-18-4-2-1-3-17(15)18)27-21(29)26-16-7-5-14(12-23)6-8-16/h1-8,13,19,25H,10-11H2,(H,24,28)(H2,26,27,29). The number of nitriles is 2. The molecule has 4 N–H and O–H groups in total. The highest BCUT2D eigenvalue weighted by Crippen LogP contribution is 2.19. The summed E-state index contributed by atoms with van der Waals surface area (Å²) >= 11 is 0. The summed E-state index contributed by atoms with van der Waals surface area (Å²) in [5, 5.41) is 26.3. The normalized spacial score (nSPS) is 11.1. The molecular formula is C21H18N6O2. The van der Waals surface area contributed by atoms with Gasteiger partial charge in [0.25, 0.3) is 0 Å². The number of amides is 3. The van der Waals surface area contributed by atoms with Crippen LogP contribution < -0.4 is 16.0 Å². The molecule has 0 aliphatic heterocycles. The van der Waals surface area contributed by atoms with E-state index in [9.17, 15) is 9.59 Å². The van der Waals surface area contributed by atoms with Crippen LogP contribution in [-0.2, 0) is 11.2 Å². The molecular weight excluding hydrogens is 368 g/mol. The molecule has 3 rings (SSSR count). The van der Waals surface area contributed by atoms with Crippen molar-refractivity contribution in [2.45, 2.75) is 12.5 Å². The smallest absolute Gasteiger partial charge is 0.319 e. The molecule has 144 valence electrons. The molecule has 0 bridgehead atoms. The van der Waals surface area contributed by atoms with Crippen molar-refractivity contribution in [3.8, 4) is 12.1 Å². The van der Waals surface area contributed by atoms with Gasteiger partial charge in [0.1, 0.15) is 12.6 Å². The summed E-state index contributed by atoms with van der Waals surface area (Å²) in [7, 11) is 0. The van der Waals surface area contributed by atoms with Crippen molar-refractivity contribution < 1.29 is 9.59 Å². The second kappa shape index (κ2) is 9.07. The predicted octanol–water partition coefficient (Wildman–Crippen LogP) is 2.41. The minimum Gasteiger partial charge on any atom is -0.361 e. The maximum Gasteiger partial charge on any atom is 0.319 e. The van der Waals surface area contributed by atoms with Crippen molar-refractivity contribution in [2.75, 3.05) is 11.9 Å². The molecule has 0 radical (unpaired) electrons. The van der Waals surface area contributed by atoms with Gasteiger partial charge in [-0.1, -0.05) is 18.2 Å². The number of urea groups is 1. The average molecular weight is 386 g/mol. The summed E-state index contributed by atoms with van der Waals surface area (Å²) in [5.74, 6) is -0.452. The third kappa shape index (κ3) is 4.90. The van der Waals surface area contributed by atoms with Gasteiger partial charge in [0.2, 0.25) is 5.91 Å². The molecule has 0 aliphatic carbocycles. The van der Waals surface area contributed by atoms with E-state index in [4.69, 9.17) is 10.5 Å². The van der Waals surface area contributed by atoms with Crippen LogP contribution in [0.2, 0.25) is 0 Å². The Balaban J connectivity index is 1.74. The molecule has 1 aromatic heterocycles. The van der Waals surface area contributed by atoms with Crippen LogP contribution in [0.1, 0.15) is 11.1 Å². The van der Waals surface area contributed by atoms with Crippen LogP contribution in [0.4, 0.5) is 10.5 Å². The van der Waals surface area contributed by atoms with Crippen molar-refractivity contribution >= 4 is 28.5 Å². The fraction of sp³-hybridized carbons (Fsp3) is 0.143. The number of benzene rings is 2. The molecule has 0 saturated carbocycles. The Bertz CT molecular complexity index is 1100. The van der Waals surface area contributed by atoms with Crippen LogP contribution >= 0.6 is 0 Å². The predicted molar refractivity (Wildman–Crippen MR) is 108 cm³/mol. The lowest BCUT2D eigenvalue weighted by Gasteiger charge is -2.18. The van der Waals surface area contributed by atoms with Gasteiger partial charge in [-0.05, 0) is 35.9 Å². The largest absolute Gasteiger partial charge is 0.361 e. The number of carbonyl (C=O) groups excluding carboxylic acids is 2. The van der Waals surface area contributed by atoms with Crippen LogP contribution in [0.5, 0.6) is 0 Å². The Labute approximate surface area is 167 Å². The SMILES string of the molecule is N#CCNC(=O)C(Cc1c[nH]c2ccccc12)NC(=O)Nc1ccc(C#N)cc1. The molecule has 29 heavy (non-hydrogen) atoms. The van der Waals surface area contributed by atoms with E-state index in [2.05, 4.69) is 20.9 Å². The Morgan fingerprint density at radius 1 is 1.07 bits per heavy atom. The number of aromatic nitrogens is 1. The van der Waals surface area contributed by atoms with Gasteiger partial charge in [0.15, 0.2) is 0 Å². The van der Waals surface area contributed by atoms with E-state index in [1.807, 2.05) is 36.4 Å². The molecule has 1 unspecified atom stereocenters. The van der Waals surface area contributed by atoms with Crippen molar-refractivity contribution in [1.82, 2.24) is 15.6 Å². The van der Waals surface area contributed by atoms with E-state index >= 15 is 0 Å². The number of anilines is 1. The number of carbonyl (C=O) groups is 2. The fourth-order valence-electron chi connectivity index (χ4n) is 2.93. The Morgan fingerprint density at radius 2 is 1.83 bits per heavy atom. The van der Waals surface area contributed by atoms with Gasteiger partial charge in [0.05, 0.1) is 17.7 Å². The number of nitrogens with zero attached hydrogens (tertiary/aromatic N) is 2. The molecule has 0 aliphatic rings. The Hall–Kier alpha value is -4.30. The van der Waals surface area contributed by atoms with Gasteiger partial charge in [-0.25, -0.2) is 4.79 Å². The number of nitrogens with one attached hydrogen (secondary N) is 4. The molecule has 3 amide bonds. The number of H-pyrrole nitrogens is 1. The molecule has 0 fully saturated rings. The molecule has 8 nitrogen and oxygen atoms in total. The number of rotatable bonds is 6. The molecule has 1 atom stereocenters. The summed E-state index contributed by atoms with van der Waals surface area (Å²) in [4.78, 5) is 28.0. The van der Waals surface area contributed by atoms with Gasteiger partial charge < -0.3 is 20.9 Å². The Morgan fingerprint density at radius 3 is 2.55 bits per heavy atom. The third-order valence-electron chi connectivity index (χ3n) is 4.33. The second-order valence-electron chi connectivity index (χ2n) is 6.28. The van der Waals surface area contributed by atoms with Crippen molar-refractivity contribution in [3.05, 3.63) is 65.9 Å². The Kier molecular flexibility index (Phi) is 6.08. The molecule has 1 heterocycles. The maximum atomic E-state index is 12.5. The first kappa shape index (κ1) is 19.5. The van der Waals surface area contributed by atoms with E-state index in [0.717, 1.165) is 16.5 Å². The number of hydrogen-bond acceptors (Lipinski definition) is 4. The van der Waals surface area contributed by atoms with Crippen LogP contribution in [0.25, 0.3) is 10.9 Å². The van der Waals surface area contributed by atoms with Gasteiger partial charge in [0, 0.05) is 29.2 Å². The first-order valence-electron chi connectivity index (χ1n) is 8.88. The first-order chi connectivity index (χ1) is 14.1. The molecule has 0 saturated heterocycles.